The predicted molar refractivity (Wildman–Crippen MR) is 88.4 cm³/mol. The summed E-state index contributed by atoms with van der Waals surface area (Å²) >= 11 is 0. The summed E-state index contributed by atoms with van der Waals surface area (Å²) in [6.45, 7) is 1.92. The lowest BCUT2D eigenvalue weighted by Crippen LogP contribution is -2.26. The normalized spacial score (nSPS) is 11.5. The van der Waals surface area contributed by atoms with Crippen molar-refractivity contribution in [1.82, 2.24) is 5.32 Å². The largest absolute Gasteiger partial charge is 0.497 e. The molecule has 0 spiro atoms. The zero-order chi connectivity index (χ0) is 16.8. The van der Waals surface area contributed by atoms with Crippen molar-refractivity contribution in [2.75, 3.05) is 21.3 Å². The zero-order valence-corrected chi connectivity index (χ0v) is 13.8. The van der Waals surface area contributed by atoms with Crippen molar-refractivity contribution in [1.29, 1.82) is 0 Å². The van der Waals surface area contributed by atoms with Crippen LogP contribution in [0.5, 0.6) is 17.2 Å². The molecular formula is C18H21NO4. The summed E-state index contributed by atoms with van der Waals surface area (Å²) in [6.07, 6.45) is 0. The van der Waals surface area contributed by atoms with Gasteiger partial charge in [-0.05, 0) is 42.8 Å². The summed E-state index contributed by atoms with van der Waals surface area (Å²) < 4.78 is 15.7. The number of carbonyl (C=O) groups is 1. The minimum absolute atomic E-state index is 0.161. The van der Waals surface area contributed by atoms with Gasteiger partial charge < -0.3 is 19.5 Å². The zero-order valence-electron chi connectivity index (χ0n) is 13.8. The Kier molecular flexibility index (Phi) is 5.46. The molecule has 122 valence electrons. The highest BCUT2D eigenvalue weighted by atomic mass is 16.5. The minimum Gasteiger partial charge on any atom is -0.497 e. The van der Waals surface area contributed by atoms with Crippen molar-refractivity contribution < 1.29 is 19.0 Å². The Morgan fingerprint density at radius 2 is 1.70 bits per heavy atom. The molecule has 0 radical (unpaired) electrons. The van der Waals surface area contributed by atoms with Gasteiger partial charge in [0.05, 0.1) is 27.4 Å². The summed E-state index contributed by atoms with van der Waals surface area (Å²) in [4.78, 5) is 12.4. The molecule has 5 heteroatoms. The fourth-order valence-corrected chi connectivity index (χ4v) is 2.25. The third kappa shape index (κ3) is 3.94. The first-order valence-corrected chi connectivity index (χ1v) is 7.26. The van der Waals surface area contributed by atoms with Crippen LogP contribution in [-0.2, 0) is 0 Å². The van der Waals surface area contributed by atoms with Crippen LogP contribution in [0.2, 0.25) is 0 Å². The number of nitrogens with one attached hydrogen (secondary N) is 1. The van der Waals surface area contributed by atoms with E-state index >= 15 is 0 Å². The minimum atomic E-state index is -0.173. The van der Waals surface area contributed by atoms with Crippen molar-refractivity contribution in [3.8, 4) is 17.2 Å². The highest BCUT2D eigenvalue weighted by Crippen LogP contribution is 2.30. The van der Waals surface area contributed by atoms with Gasteiger partial charge in [0, 0.05) is 5.56 Å². The van der Waals surface area contributed by atoms with E-state index in [2.05, 4.69) is 5.32 Å². The van der Waals surface area contributed by atoms with Gasteiger partial charge in [-0.1, -0.05) is 12.1 Å². The highest BCUT2D eigenvalue weighted by Gasteiger charge is 2.14. The fraction of sp³-hybridized carbons (Fsp3) is 0.278. The number of hydrogen-bond acceptors (Lipinski definition) is 4. The van der Waals surface area contributed by atoms with Gasteiger partial charge in [0.2, 0.25) is 0 Å². The van der Waals surface area contributed by atoms with Gasteiger partial charge >= 0.3 is 0 Å². The molecule has 1 atom stereocenters. The second-order valence-electron chi connectivity index (χ2n) is 5.04. The molecule has 0 aliphatic carbocycles. The van der Waals surface area contributed by atoms with Gasteiger partial charge in [-0.2, -0.15) is 0 Å². The van der Waals surface area contributed by atoms with Crippen molar-refractivity contribution in [2.45, 2.75) is 13.0 Å². The smallest absolute Gasteiger partial charge is 0.251 e. The molecule has 0 saturated heterocycles. The van der Waals surface area contributed by atoms with E-state index in [1.54, 1.807) is 45.6 Å². The molecular weight excluding hydrogens is 294 g/mol. The number of amides is 1. The molecule has 0 fully saturated rings. The van der Waals surface area contributed by atoms with Gasteiger partial charge in [0.25, 0.3) is 5.91 Å². The number of ether oxygens (including phenoxy) is 3. The third-order valence-electron chi connectivity index (χ3n) is 3.59. The van der Waals surface area contributed by atoms with Crippen molar-refractivity contribution in [3.63, 3.8) is 0 Å². The maximum absolute atomic E-state index is 12.4. The Labute approximate surface area is 136 Å². The van der Waals surface area contributed by atoms with Gasteiger partial charge in [-0.3, -0.25) is 4.79 Å². The molecule has 23 heavy (non-hydrogen) atoms. The molecule has 0 unspecified atom stereocenters. The maximum Gasteiger partial charge on any atom is 0.251 e. The molecule has 1 N–H and O–H groups in total. The van der Waals surface area contributed by atoms with Crippen LogP contribution in [0.1, 0.15) is 28.9 Å². The molecule has 0 saturated carbocycles. The lowest BCUT2D eigenvalue weighted by Gasteiger charge is -2.17. The first-order valence-electron chi connectivity index (χ1n) is 7.26. The SMILES string of the molecule is COc1cccc(C(=O)N[C@H](C)c2ccc(OC)c(OC)c2)c1. The van der Waals surface area contributed by atoms with Crippen LogP contribution < -0.4 is 19.5 Å². The van der Waals surface area contributed by atoms with Gasteiger partial charge in [-0.15, -0.1) is 0 Å². The molecule has 0 aromatic heterocycles. The second-order valence-corrected chi connectivity index (χ2v) is 5.04. The summed E-state index contributed by atoms with van der Waals surface area (Å²) in [5, 5.41) is 2.96. The van der Waals surface area contributed by atoms with Gasteiger partial charge in [0.15, 0.2) is 11.5 Å². The van der Waals surface area contributed by atoms with Crippen LogP contribution in [0.4, 0.5) is 0 Å². The molecule has 0 aliphatic heterocycles. The first kappa shape index (κ1) is 16.7. The van der Waals surface area contributed by atoms with Crippen molar-refractivity contribution in [3.05, 3.63) is 53.6 Å². The Hall–Kier alpha value is -2.69. The van der Waals surface area contributed by atoms with E-state index in [-0.39, 0.29) is 11.9 Å². The van der Waals surface area contributed by atoms with Crippen LogP contribution in [0.3, 0.4) is 0 Å². The molecule has 2 aromatic rings. The standard InChI is InChI=1S/C18H21NO4/c1-12(13-8-9-16(22-3)17(11-13)23-4)19-18(20)14-6-5-7-15(10-14)21-2/h5-12H,1-4H3,(H,19,20)/t12-/m1/s1. The monoisotopic (exact) mass is 315 g/mol. The molecule has 0 bridgehead atoms. The van der Waals surface area contributed by atoms with Crippen molar-refractivity contribution >= 4 is 5.91 Å². The number of methoxy groups -OCH3 is 3. The van der Waals surface area contributed by atoms with E-state index in [1.165, 1.54) is 0 Å². The average Bonchev–Trinajstić information content (AvgIpc) is 2.60. The lowest BCUT2D eigenvalue weighted by atomic mass is 10.1. The van der Waals surface area contributed by atoms with E-state index in [1.807, 2.05) is 25.1 Å². The molecule has 0 heterocycles. The maximum atomic E-state index is 12.4. The second kappa shape index (κ2) is 7.54. The Morgan fingerprint density at radius 1 is 0.957 bits per heavy atom. The van der Waals surface area contributed by atoms with Crippen LogP contribution >= 0.6 is 0 Å². The van der Waals surface area contributed by atoms with Gasteiger partial charge in [0.1, 0.15) is 5.75 Å². The van der Waals surface area contributed by atoms with Crippen LogP contribution in [0.15, 0.2) is 42.5 Å². The van der Waals surface area contributed by atoms with Crippen LogP contribution in [0, 0.1) is 0 Å². The van der Waals surface area contributed by atoms with Gasteiger partial charge in [-0.25, -0.2) is 0 Å². The molecule has 0 aliphatic rings. The molecule has 1 amide bonds. The van der Waals surface area contributed by atoms with E-state index in [0.717, 1.165) is 5.56 Å². The number of hydrogen-bond donors (Lipinski definition) is 1. The number of rotatable bonds is 6. The highest BCUT2D eigenvalue weighted by molar-refractivity contribution is 5.94. The topological polar surface area (TPSA) is 56.8 Å². The predicted octanol–water partition coefficient (Wildman–Crippen LogP) is 3.20. The summed E-state index contributed by atoms with van der Waals surface area (Å²) in [7, 11) is 4.75. The fourth-order valence-electron chi connectivity index (χ4n) is 2.25. The van der Waals surface area contributed by atoms with Crippen LogP contribution in [-0.4, -0.2) is 27.2 Å². The number of carbonyl (C=O) groups excluding carboxylic acids is 1. The molecule has 2 aromatic carbocycles. The van der Waals surface area contributed by atoms with E-state index in [4.69, 9.17) is 14.2 Å². The Morgan fingerprint density at radius 3 is 2.35 bits per heavy atom. The van der Waals surface area contributed by atoms with E-state index < -0.39 is 0 Å². The van der Waals surface area contributed by atoms with Crippen LogP contribution in [0.25, 0.3) is 0 Å². The molecule has 2 rings (SSSR count). The first-order chi connectivity index (χ1) is 11.1. The quantitative estimate of drug-likeness (QED) is 0.889. The third-order valence-corrected chi connectivity index (χ3v) is 3.59. The Bertz CT molecular complexity index is 684. The van der Waals surface area contributed by atoms with Crippen molar-refractivity contribution in [2.24, 2.45) is 0 Å². The summed E-state index contributed by atoms with van der Waals surface area (Å²) in [6, 6.07) is 12.4. The number of benzene rings is 2. The average molecular weight is 315 g/mol. The Balaban J connectivity index is 2.14. The molecule has 5 nitrogen and oxygen atoms in total. The summed E-state index contributed by atoms with van der Waals surface area (Å²) in [5.41, 5.74) is 1.48. The van der Waals surface area contributed by atoms with E-state index in [9.17, 15) is 4.79 Å². The summed E-state index contributed by atoms with van der Waals surface area (Å²) in [5.74, 6) is 1.78. The lowest BCUT2D eigenvalue weighted by molar-refractivity contribution is 0.0939. The van der Waals surface area contributed by atoms with E-state index in [0.29, 0.717) is 22.8 Å².